The Morgan fingerprint density at radius 2 is 1.76 bits per heavy atom. The van der Waals surface area contributed by atoms with Gasteiger partial charge in [-0.25, -0.2) is 19.4 Å². The van der Waals surface area contributed by atoms with Gasteiger partial charge < -0.3 is 14.5 Å². The fourth-order valence-corrected chi connectivity index (χ4v) is 5.57. The minimum absolute atomic E-state index is 0.00931. The molecule has 1 aliphatic rings. The molecule has 3 heterocycles. The van der Waals surface area contributed by atoms with E-state index >= 15 is 0 Å². The van der Waals surface area contributed by atoms with Crippen LogP contribution < -0.4 is 4.90 Å². The van der Waals surface area contributed by atoms with E-state index in [1.807, 2.05) is 37.5 Å². The Morgan fingerprint density at radius 1 is 1.12 bits per heavy atom. The zero-order valence-corrected chi connectivity index (χ0v) is 24.4. The van der Waals surface area contributed by atoms with Crippen LogP contribution >= 0.6 is 11.6 Å². The van der Waals surface area contributed by atoms with Gasteiger partial charge in [-0.05, 0) is 73.7 Å². The molecule has 14 heteroatoms. The van der Waals surface area contributed by atoms with E-state index in [-0.39, 0.29) is 41.9 Å². The lowest BCUT2D eigenvalue weighted by Crippen LogP contribution is -2.57. The third kappa shape index (κ3) is 7.06. The molecule has 3 aromatic rings. The van der Waals surface area contributed by atoms with Crippen molar-refractivity contribution in [3.8, 4) is 11.4 Å². The van der Waals surface area contributed by atoms with Crippen molar-refractivity contribution in [1.29, 1.82) is 0 Å². The van der Waals surface area contributed by atoms with Gasteiger partial charge in [-0.15, -0.1) is 5.10 Å². The van der Waals surface area contributed by atoms with Crippen molar-refractivity contribution in [3.63, 3.8) is 0 Å². The van der Waals surface area contributed by atoms with Crippen LogP contribution in [0.1, 0.15) is 64.5 Å². The maximum absolute atomic E-state index is 13.6. The average molecular weight is 595 g/mol. The number of anilines is 1. The predicted molar refractivity (Wildman–Crippen MR) is 147 cm³/mol. The summed E-state index contributed by atoms with van der Waals surface area (Å²) in [4.78, 5) is 25.9. The zero-order chi connectivity index (χ0) is 29.9. The number of amides is 1. The molecule has 0 N–H and O–H groups in total. The van der Waals surface area contributed by atoms with E-state index in [9.17, 15) is 18.0 Å². The highest BCUT2D eigenvalue weighted by atomic mass is 35.5. The van der Waals surface area contributed by atoms with Crippen molar-refractivity contribution in [2.75, 3.05) is 4.90 Å². The first-order valence-electron chi connectivity index (χ1n) is 13.6. The van der Waals surface area contributed by atoms with Crippen LogP contribution in [0.5, 0.6) is 0 Å². The first-order chi connectivity index (χ1) is 19.4. The number of carbonyl (C=O) groups is 1. The first-order valence-corrected chi connectivity index (χ1v) is 14.0. The van der Waals surface area contributed by atoms with Crippen molar-refractivity contribution >= 4 is 23.6 Å². The number of carbonyl (C=O) groups excluding carboxylic acids is 1. The molecule has 1 aliphatic heterocycles. The highest BCUT2D eigenvalue weighted by Gasteiger charge is 2.41. The van der Waals surface area contributed by atoms with Gasteiger partial charge in [0.1, 0.15) is 0 Å². The lowest BCUT2D eigenvalue weighted by atomic mass is 9.87. The van der Waals surface area contributed by atoms with E-state index in [4.69, 9.17) is 16.3 Å². The second kappa shape index (κ2) is 12.6. The number of ether oxygens (including phenoxy) is 1. The van der Waals surface area contributed by atoms with E-state index in [1.165, 1.54) is 10.7 Å². The van der Waals surface area contributed by atoms with Gasteiger partial charge in [0.05, 0.1) is 17.2 Å². The Labute approximate surface area is 241 Å². The summed E-state index contributed by atoms with van der Waals surface area (Å²) in [6.07, 6.45) is 0.504. The fraction of sp³-hybridized carbons (Fsp3) is 0.556. The number of benzene rings is 1. The average Bonchev–Trinajstić information content (AvgIpc) is 3.35. The summed E-state index contributed by atoms with van der Waals surface area (Å²) >= 11 is 6.12. The molecule has 0 bridgehead atoms. The number of hydrogen-bond donors (Lipinski definition) is 0. The molecular weight excluding hydrogens is 561 g/mol. The van der Waals surface area contributed by atoms with Gasteiger partial charge in [-0.2, -0.15) is 13.2 Å². The number of hydrogen-bond acceptors (Lipinski definition) is 8. The van der Waals surface area contributed by atoms with Crippen molar-refractivity contribution < 1.29 is 22.7 Å². The van der Waals surface area contributed by atoms with Crippen LogP contribution in [-0.4, -0.2) is 65.4 Å². The largest absolute Gasteiger partial charge is 0.447 e. The number of likely N-dealkylation sites (tertiary alicyclic amines) is 1. The molecule has 3 atom stereocenters. The van der Waals surface area contributed by atoms with Crippen molar-refractivity contribution in [3.05, 3.63) is 46.7 Å². The highest BCUT2D eigenvalue weighted by Crippen LogP contribution is 2.36. The number of tetrazole rings is 1. The number of piperidine rings is 1. The lowest BCUT2D eigenvalue weighted by molar-refractivity contribution is -0.137. The minimum Gasteiger partial charge on any atom is -0.447 e. The zero-order valence-electron chi connectivity index (χ0n) is 23.6. The topological polar surface area (TPSA) is 102 Å². The molecule has 4 rings (SSSR count). The first kappa shape index (κ1) is 30.5. The predicted octanol–water partition coefficient (Wildman–Crippen LogP) is 5.91. The number of halogens is 4. The maximum atomic E-state index is 13.6. The molecule has 1 fully saturated rings. The van der Waals surface area contributed by atoms with Crippen LogP contribution in [0.4, 0.5) is 23.9 Å². The molecule has 41 heavy (non-hydrogen) atoms. The summed E-state index contributed by atoms with van der Waals surface area (Å²) in [5, 5.41) is 11.5. The Kier molecular flexibility index (Phi) is 9.35. The molecule has 2 aromatic heterocycles. The third-order valence-corrected chi connectivity index (χ3v) is 7.44. The molecule has 0 spiro atoms. The van der Waals surface area contributed by atoms with Crippen LogP contribution in [0.3, 0.4) is 0 Å². The monoisotopic (exact) mass is 594 g/mol. The number of rotatable bonds is 8. The Morgan fingerprint density at radius 3 is 2.27 bits per heavy atom. The van der Waals surface area contributed by atoms with E-state index in [1.54, 1.807) is 19.4 Å². The van der Waals surface area contributed by atoms with Gasteiger partial charge in [0, 0.05) is 49.1 Å². The molecule has 1 unspecified atom stereocenters. The SMILES string of the molecule is CC[C@@H]1CC(N(Cc2cc(Cl)cc(C(F)(F)F)c2)c2ncc(-c3nnnn3C)cn2)C[C@H](CC)N1C(=O)OC(C)C. The molecule has 222 valence electrons. The molecular formula is C27H34ClF3N8O2. The summed E-state index contributed by atoms with van der Waals surface area (Å²) in [6, 6.07) is 3.08. The highest BCUT2D eigenvalue weighted by molar-refractivity contribution is 6.30. The number of aryl methyl sites for hydroxylation is 1. The second-order valence-electron chi connectivity index (χ2n) is 10.5. The fourth-order valence-electron chi connectivity index (χ4n) is 5.32. The molecule has 0 radical (unpaired) electrons. The maximum Gasteiger partial charge on any atom is 0.416 e. The molecule has 1 amide bonds. The lowest BCUT2D eigenvalue weighted by Gasteiger charge is -2.47. The summed E-state index contributed by atoms with van der Waals surface area (Å²) in [5.74, 6) is 0.812. The Bertz CT molecular complexity index is 1320. The number of nitrogens with zero attached hydrogens (tertiary/aromatic N) is 8. The van der Waals surface area contributed by atoms with Gasteiger partial charge in [0.25, 0.3) is 0 Å². The van der Waals surface area contributed by atoms with Crippen LogP contribution in [0.15, 0.2) is 30.6 Å². The summed E-state index contributed by atoms with van der Waals surface area (Å²) < 4.78 is 47.9. The van der Waals surface area contributed by atoms with Crippen molar-refractivity contribution in [2.45, 2.75) is 90.3 Å². The van der Waals surface area contributed by atoms with Gasteiger partial charge in [0.15, 0.2) is 5.82 Å². The number of aromatic nitrogens is 6. The van der Waals surface area contributed by atoms with Crippen molar-refractivity contribution in [2.24, 2.45) is 7.05 Å². The summed E-state index contributed by atoms with van der Waals surface area (Å²) in [7, 11) is 1.70. The normalized spacial score (nSPS) is 19.5. The van der Waals surface area contributed by atoms with E-state index in [2.05, 4.69) is 25.5 Å². The standard InChI is InChI=1S/C27H34ClF3N8O2/c1-6-21-11-23(12-22(7-2)39(21)26(40)41-16(3)4)38(15-17-8-19(27(29,30)31)10-20(28)9-17)25-32-13-18(14-33-25)24-34-35-36-37(24)5/h8-10,13-14,16,21-23H,6-7,11-12,15H2,1-5H3/t21-,22+,23?. The van der Waals surface area contributed by atoms with E-state index in [0.29, 0.717) is 48.6 Å². The van der Waals surface area contributed by atoms with Crippen molar-refractivity contribution in [1.82, 2.24) is 35.1 Å². The summed E-state index contributed by atoms with van der Waals surface area (Å²) in [5.41, 5.74) is 0.139. The Hall–Kier alpha value is -3.48. The molecule has 1 saturated heterocycles. The van der Waals surface area contributed by atoms with Gasteiger partial charge >= 0.3 is 12.3 Å². The molecule has 1 aromatic carbocycles. The van der Waals surface area contributed by atoms with Gasteiger partial charge in [-0.3, -0.25) is 0 Å². The second-order valence-corrected chi connectivity index (χ2v) is 10.9. The molecule has 0 aliphatic carbocycles. The van der Waals surface area contributed by atoms with Gasteiger partial charge in [0.2, 0.25) is 5.95 Å². The van der Waals surface area contributed by atoms with Crippen LogP contribution in [-0.2, 0) is 24.5 Å². The van der Waals surface area contributed by atoms with Crippen LogP contribution in [0, 0.1) is 0 Å². The van der Waals surface area contributed by atoms with E-state index in [0.717, 1.165) is 12.1 Å². The Balaban J connectivity index is 1.72. The third-order valence-electron chi connectivity index (χ3n) is 7.22. The molecule has 0 saturated carbocycles. The van der Waals surface area contributed by atoms with E-state index < -0.39 is 11.7 Å². The quantitative estimate of drug-likeness (QED) is 0.317. The molecule has 10 nitrogen and oxygen atoms in total. The van der Waals surface area contributed by atoms with Crippen LogP contribution in [0.25, 0.3) is 11.4 Å². The summed E-state index contributed by atoms with van der Waals surface area (Å²) in [6.45, 7) is 7.72. The number of alkyl halides is 3. The smallest absolute Gasteiger partial charge is 0.416 e. The minimum atomic E-state index is -4.55. The van der Waals surface area contributed by atoms with Gasteiger partial charge in [-0.1, -0.05) is 25.4 Å². The van der Waals surface area contributed by atoms with Crippen LogP contribution in [0.2, 0.25) is 5.02 Å².